The Morgan fingerprint density at radius 3 is 1.04 bits per heavy atom. The van der Waals surface area contributed by atoms with Gasteiger partial charge in [0.05, 0.1) is 11.1 Å². The third-order valence-corrected chi connectivity index (χ3v) is 4.37. The molecule has 0 fully saturated rings. The normalized spacial score (nSPS) is 11.6. The zero-order chi connectivity index (χ0) is 20.3. The lowest BCUT2D eigenvalue weighted by atomic mass is 10.0. The van der Waals surface area contributed by atoms with Crippen molar-refractivity contribution in [3.8, 4) is 0 Å². The summed E-state index contributed by atoms with van der Waals surface area (Å²) in [6, 6.07) is 14.3. The molecule has 0 saturated heterocycles. The summed E-state index contributed by atoms with van der Waals surface area (Å²) in [5, 5.41) is 0. The van der Waals surface area contributed by atoms with Gasteiger partial charge in [0, 0.05) is 0 Å². The van der Waals surface area contributed by atoms with Crippen LogP contribution in [0.25, 0.3) is 24.3 Å². The topological polar surface area (TPSA) is 0 Å². The Morgan fingerprint density at radius 2 is 0.750 bits per heavy atom. The molecule has 4 heteroatoms. The van der Waals surface area contributed by atoms with Crippen molar-refractivity contribution in [3.63, 3.8) is 0 Å². The van der Waals surface area contributed by atoms with Crippen LogP contribution in [0.5, 0.6) is 0 Å². The molecule has 3 rings (SSSR count). The smallest absolute Gasteiger partial charge is 0.169 e. The van der Waals surface area contributed by atoms with E-state index in [1.54, 1.807) is 24.3 Å². The van der Waals surface area contributed by atoms with E-state index in [0.29, 0.717) is 11.1 Å². The highest BCUT2D eigenvalue weighted by Gasteiger charge is 2.22. The van der Waals surface area contributed by atoms with E-state index < -0.39 is 34.4 Å². The van der Waals surface area contributed by atoms with E-state index in [4.69, 9.17) is 0 Å². The van der Waals surface area contributed by atoms with Crippen LogP contribution in [0, 0.1) is 37.1 Å². The minimum atomic E-state index is -1.43. The Bertz CT molecular complexity index is 928. The quantitative estimate of drug-likeness (QED) is 0.254. The summed E-state index contributed by atoms with van der Waals surface area (Å²) in [7, 11) is 0. The van der Waals surface area contributed by atoms with Gasteiger partial charge in [0.2, 0.25) is 0 Å². The second-order valence-electron chi connectivity index (χ2n) is 6.57. The molecule has 0 aromatic heterocycles. The van der Waals surface area contributed by atoms with Crippen LogP contribution in [-0.4, -0.2) is 0 Å². The van der Waals surface area contributed by atoms with Crippen LogP contribution in [0.2, 0.25) is 0 Å². The fourth-order valence-corrected chi connectivity index (χ4v) is 2.67. The Kier molecular flexibility index (Phi) is 5.78. The maximum atomic E-state index is 14.4. The van der Waals surface area contributed by atoms with Gasteiger partial charge in [0.25, 0.3) is 0 Å². The van der Waals surface area contributed by atoms with Gasteiger partial charge in [-0.2, -0.15) is 0 Å². The van der Waals surface area contributed by atoms with Gasteiger partial charge < -0.3 is 0 Å². The molecule has 0 aliphatic carbocycles. The summed E-state index contributed by atoms with van der Waals surface area (Å²) in [5.74, 6) is -5.70. The fourth-order valence-electron chi connectivity index (χ4n) is 2.67. The van der Waals surface area contributed by atoms with Gasteiger partial charge >= 0.3 is 0 Å². The predicted octanol–water partition coefficient (Wildman–Crippen LogP) is 7.20. The molecule has 3 aromatic carbocycles. The van der Waals surface area contributed by atoms with Crippen LogP contribution in [0.15, 0.2) is 48.5 Å². The summed E-state index contributed by atoms with van der Waals surface area (Å²) in [5.41, 5.74) is 1.88. The van der Waals surface area contributed by atoms with Crippen LogP contribution < -0.4 is 0 Å². The van der Waals surface area contributed by atoms with Crippen molar-refractivity contribution in [2.75, 3.05) is 0 Å². The van der Waals surface area contributed by atoms with Gasteiger partial charge in [-0.25, -0.2) is 17.6 Å². The summed E-state index contributed by atoms with van der Waals surface area (Å²) in [6.45, 7) is 3.81. The highest BCUT2D eigenvalue weighted by molar-refractivity contribution is 5.74. The van der Waals surface area contributed by atoms with Crippen molar-refractivity contribution in [1.29, 1.82) is 0 Å². The monoisotopic (exact) mass is 382 g/mol. The predicted molar refractivity (Wildman–Crippen MR) is 106 cm³/mol. The molecule has 0 amide bonds. The van der Waals surface area contributed by atoms with Gasteiger partial charge in [-0.15, -0.1) is 0 Å². The van der Waals surface area contributed by atoms with Crippen molar-refractivity contribution < 1.29 is 17.6 Å². The van der Waals surface area contributed by atoms with Crippen molar-refractivity contribution in [2.24, 2.45) is 0 Å². The van der Waals surface area contributed by atoms with Crippen LogP contribution in [0.4, 0.5) is 17.6 Å². The van der Waals surface area contributed by atoms with Crippen molar-refractivity contribution >= 4 is 24.3 Å². The van der Waals surface area contributed by atoms with Crippen LogP contribution >= 0.6 is 0 Å². The van der Waals surface area contributed by atoms with Gasteiger partial charge in [-0.3, -0.25) is 0 Å². The average molecular weight is 382 g/mol. The minimum absolute atomic E-state index is 0.661. The van der Waals surface area contributed by atoms with Crippen LogP contribution in [0.3, 0.4) is 0 Å². The lowest BCUT2D eigenvalue weighted by Gasteiger charge is -2.07. The Balaban J connectivity index is 1.96. The molecule has 0 unspecified atom stereocenters. The molecule has 3 aromatic rings. The SMILES string of the molecule is Cc1ccc(/C=C/c2c(F)c(F)c(/C=C/c3ccc(C)cc3)c(F)c2F)cc1. The van der Waals surface area contributed by atoms with E-state index in [0.717, 1.165) is 23.3 Å². The molecule has 0 N–H and O–H groups in total. The van der Waals surface area contributed by atoms with Gasteiger partial charge in [0.1, 0.15) is 0 Å². The zero-order valence-corrected chi connectivity index (χ0v) is 15.4. The van der Waals surface area contributed by atoms with E-state index in [1.807, 2.05) is 38.1 Å². The molecule has 142 valence electrons. The van der Waals surface area contributed by atoms with Crippen LogP contribution in [-0.2, 0) is 0 Å². The first-order valence-electron chi connectivity index (χ1n) is 8.72. The molecule has 0 bridgehead atoms. The largest absolute Gasteiger partial charge is 0.203 e. The third-order valence-electron chi connectivity index (χ3n) is 4.37. The van der Waals surface area contributed by atoms with Gasteiger partial charge in [0.15, 0.2) is 23.3 Å². The summed E-state index contributed by atoms with van der Waals surface area (Å²) >= 11 is 0. The van der Waals surface area contributed by atoms with Crippen molar-refractivity contribution in [2.45, 2.75) is 13.8 Å². The van der Waals surface area contributed by atoms with E-state index in [9.17, 15) is 17.6 Å². The first-order chi connectivity index (χ1) is 13.4. The third kappa shape index (κ3) is 4.22. The van der Waals surface area contributed by atoms with E-state index in [1.165, 1.54) is 12.2 Å². The Labute approximate surface area is 161 Å². The molecule has 0 heterocycles. The molecule has 0 radical (unpaired) electrons. The van der Waals surface area contributed by atoms with Gasteiger partial charge in [-0.1, -0.05) is 71.8 Å². The maximum absolute atomic E-state index is 14.4. The minimum Gasteiger partial charge on any atom is -0.203 e. The number of aryl methyl sites for hydroxylation is 2. The standard InChI is InChI=1S/C24H18F4/c1-15-3-7-17(8-4-15)11-13-19-21(25)23(27)20(24(28)22(19)26)14-12-18-9-5-16(2)6-10-18/h3-14H,1-2H3/b13-11+,14-12+. The lowest BCUT2D eigenvalue weighted by Crippen LogP contribution is -2.03. The van der Waals surface area contributed by atoms with Gasteiger partial charge in [-0.05, 0) is 37.1 Å². The molecule has 0 atom stereocenters. The second-order valence-corrected chi connectivity index (χ2v) is 6.57. The number of benzene rings is 3. The van der Waals surface area contributed by atoms with Crippen molar-refractivity contribution in [3.05, 3.63) is 105 Å². The van der Waals surface area contributed by atoms with Crippen LogP contribution in [0.1, 0.15) is 33.4 Å². The summed E-state index contributed by atoms with van der Waals surface area (Å²) in [4.78, 5) is 0. The number of hydrogen-bond acceptors (Lipinski definition) is 0. The molecule has 0 aliphatic heterocycles. The summed E-state index contributed by atoms with van der Waals surface area (Å²) in [6.07, 6.45) is 4.88. The van der Waals surface area contributed by atoms with E-state index in [-0.39, 0.29) is 0 Å². The molecule has 0 spiro atoms. The molecular weight excluding hydrogens is 364 g/mol. The number of hydrogen-bond donors (Lipinski definition) is 0. The fraction of sp³-hybridized carbons (Fsp3) is 0.0833. The molecular formula is C24H18F4. The number of halogens is 4. The molecule has 0 saturated carbocycles. The Morgan fingerprint density at radius 1 is 0.464 bits per heavy atom. The highest BCUT2D eigenvalue weighted by Crippen LogP contribution is 2.27. The first-order valence-corrected chi connectivity index (χ1v) is 8.72. The lowest BCUT2D eigenvalue weighted by molar-refractivity contribution is 0.448. The van der Waals surface area contributed by atoms with E-state index >= 15 is 0 Å². The molecule has 0 nitrogen and oxygen atoms in total. The maximum Gasteiger partial charge on any atom is 0.169 e. The average Bonchev–Trinajstić information content (AvgIpc) is 2.69. The second kappa shape index (κ2) is 8.26. The zero-order valence-electron chi connectivity index (χ0n) is 15.4. The molecule has 0 aliphatic rings. The first kappa shape index (κ1) is 19.6. The number of rotatable bonds is 4. The molecule has 28 heavy (non-hydrogen) atoms. The highest BCUT2D eigenvalue weighted by atomic mass is 19.2. The van der Waals surface area contributed by atoms with E-state index in [2.05, 4.69) is 0 Å². The van der Waals surface area contributed by atoms with Crippen molar-refractivity contribution in [1.82, 2.24) is 0 Å². The summed E-state index contributed by atoms with van der Waals surface area (Å²) < 4.78 is 57.5. The Hall–Kier alpha value is -3.14.